The Labute approximate surface area is 127 Å². The average molecular weight is 308 g/mol. The number of aromatic nitrogens is 2. The fraction of sp³-hybridized carbons (Fsp3) is 0.500. The Morgan fingerprint density at radius 3 is 2.81 bits per heavy atom. The quantitative estimate of drug-likeness (QED) is 0.882. The van der Waals surface area contributed by atoms with E-state index in [1.54, 1.807) is 0 Å². The van der Waals surface area contributed by atoms with Crippen LogP contribution < -0.4 is 11.1 Å². The third-order valence-electron chi connectivity index (χ3n) is 3.29. The molecule has 0 saturated heterocycles. The van der Waals surface area contributed by atoms with Crippen molar-refractivity contribution >= 4 is 33.1 Å². The minimum atomic E-state index is -0.195. The third-order valence-corrected chi connectivity index (χ3v) is 4.38. The first-order chi connectivity index (χ1) is 9.95. The first-order valence-electron chi connectivity index (χ1n) is 6.86. The third kappa shape index (κ3) is 3.14. The maximum Gasteiger partial charge on any atom is 0.263 e. The summed E-state index contributed by atoms with van der Waals surface area (Å²) >= 11 is 1.27. The van der Waals surface area contributed by atoms with Crippen LogP contribution in [0.15, 0.2) is 0 Å². The van der Waals surface area contributed by atoms with E-state index in [0.29, 0.717) is 28.6 Å². The van der Waals surface area contributed by atoms with Crippen LogP contribution in [0, 0.1) is 13.8 Å². The highest BCUT2D eigenvalue weighted by Crippen LogP contribution is 2.34. The van der Waals surface area contributed by atoms with E-state index in [1.165, 1.54) is 11.3 Å². The van der Waals surface area contributed by atoms with Gasteiger partial charge in [0.05, 0.1) is 18.0 Å². The van der Waals surface area contributed by atoms with Crippen LogP contribution in [0.3, 0.4) is 0 Å². The smallest absolute Gasteiger partial charge is 0.263 e. The summed E-state index contributed by atoms with van der Waals surface area (Å²) in [6.45, 7) is 8.73. The summed E-state index contributed by atoms with van der Waals surface area (Å²) in [6, 6.07) is -0.0732. The van der Waals surface area contributed by atoms with Crippen molar-refractivity contribution in [1.29, 1.82) is 0 Å². The molecule has 0 aliphatic carbocycles. The molecule has 3 N–H and O–H groups in total. The van der Waals surface area contributed by atoms with Crippen molar-refractivity contribution in [2.75, 3.05) is 18.9 Å². The molecule has 0 aliphatic heterocycles. The molecule has 1 amide bonds. The van der Waals surface area contributed by atoms with E-state index in [4.69, 9.17) is 10.5 Å². The summed E-state index contributed by atoms with van der Waals surface area (Å²) in [6.07, 6.45) is 0. The van der Waals surface area contributed by atoms with Gasteiger partial charge < -0.3 is 15.8 Å². The van der Waals surface area contributed by atoms with Crippen LogP contribution in [0.25, 0.3) is 10.2 Å². The van der Waals surface area contributed by atoms with Gasteiger partial charge in [-0.1, -0.05) is 0 Å². The van der Waals surface area contributed by atoms with Crippen LogP contribution in [-0.4, -0.2) is 35.4 Å². The molecule has 6 nitrogen and oxygen atoms in total. The van der Waals surface area contributed by atoms with Gasteiger partial charge >= 0.3 is 0 Å². The van der Waals surface area contributed by atoms with Gasteiger partial charge in [-0.2, -0.15) is 5.10 Å². The number of nitrogen functional groups attached to an aromatic ring is 1. The van der Waals surface area contributed by atoms with Gasteiger partial charge in [0, 0.05) is 18.0 Å². The maximum absolute atomic E-state index is 12.3. The SMILES string of the molecule is CCOCC(C)NC(=O)c1sc2nnc(C)c(C)c2c1N. The van der Waals surface area contributed by atoms with E-state index >= 15 is 0 Å². The van der Waals surface area contributed by atoms with Crippen molar-refractivity contribution in [1.82, 2.24) is 15.5 Å². The van der Waals surface area contributed by atoms with Crippen molar-refractivity contribution in [3.63, 3.8) is 0 Å². The van der Waals surface area contributed by atoms with E-state index in [-0.39, 0.29) is 11.9 Å². The summed E-state index contributed by atoms with van der Waals surface area (Å²) in [5.41, 5.74) is 8.40. The second-order valence-electron chi connectivity index (χ2n) is 4.97. The number of nitrogens with two attached hydrogens (primary N) is 1. The molecule has 0 aromatic carbocycles. The van der Waals surface area contributed by atoms with E-state index < -0.39 is 0 Å². The topological polar surface area (TPSA) is 90.1 Å². The summed E-state index contributed by atoms with van der Waals surface area (Å²) in [5.74, 6) is -0.195. The number of fused-ring (bicyclic) bond motifs is 1. The Hall–Kier alpha value is -1.73. The Morgan fingerprint density at radius 1 is 1.43 bits per heavy atom. The van der Waals surface area contributed by atoms with Crippen molar-refractivity contribution in [2.24, 2.45) is 0 Å². The molecule has 1 atom stereocenters. The largest absolute Gasteiger partial charge is 0.397 e. The van der Waals surface area contributed by atoms with Gasteiger partial charge in [0.1, 0.15) is 9.71 Å². The van der Waals surface area contributed by atoms with Crippen molar-refractivity contribution in [2.45, 2.75) is 33.7 Å². The number of aryl methyl sites for hydroxylation is 2. The van der Waals surface area contributed by atoms with Gasteiger partial charge in [-0.15, -0.1) is 16.4 Å². The van der Waals surface area contributed by atoms with Crippen molar-refractivity contribution in [3.8, 4) is 0 Å². The number of amides is 1. The van der Waals surface area contributed by atoms with E-state index in [1.807, 2.05) is 27.7 Å². The predicted octanol–water partition coefficient (Wildman–Crippen LogP) is 2.05. The summed E-state index contributed by atoms with van der Waals surface area (Å²) in [7, 11) is 0. The molecule has 1 unspecified atom stereocenters. The molecule has 0 spiro atoms. The fourth-order valence-electron chi connectivity index (χ4n) is 2.03. The molecule has 2 aromatic heterocycles. The predicted molar refractivity (Wildman–Crippen MR) is 84.7 cm³/mol. The van der Waals surface area contributed by atoms with Crippen molar-refractivity contribution < 1.29 is 9.53 Å². The Morgan fingerprint density at radius 2 is 2.14 bits per heavy atom. The Bertz CT molecular complexity index is 669. The van der Waals surface area contributed by atoms with Gasteiger partial charge in [-0.05, 0) is 33.3 Å². The number of carbonyl (C=O) groups excluding carboxylic acids is 1. The molecular formula is C14H20N4O2S. The number of carbonyl (C=O) groups is 1. The number of rotatable bonds is 5. The Balaban J connectivity index is 2.28. The monoisotopic (exact) mass is 308 g/mol. The van der Waals surface area contributed by atoms with E-state index in [9.17, 15) is 4.79 Å². The standard InChI is InChI=1S/C14H20N4O2S/c1-5-20-6-7(2)16-13(19)12-11(15)10-8(3)9(4)17-18-14(10)21-12/h7H,5-6,15H2,1-4H3,(H,16,19). The highest BCUT2D eigenvalue weighted by atomic mass is 32.1. The van der Waals surface area contributed by atoms with Gasteiger partial charge in [-0.25, -0.2) is 0 Å². The van der Waals surface area contributed by atoms with Crippen LogP contribution in [0.5, 0.6) is 0 Å². The molecule has 0 fully saturated rings. The number of ether oxygens (including phenoxy) is 1. The number of thiophene rings is 1. The zero-order valence-electron chi connectivity index (χ0n) is 12.7. The van der Waals surface area contributed by atoms with E-state index in [0.717, 1.165) is 16.6 Å². The van der Waals surface area contributed by atoms with Gasteiger partial charge in [0.25, 0.3) is 5.91 Å². The molecule has 0 saturated carbocycles. The molecule has 0 bridgehead atoms. The van der Waals surface area contributed by atoms with Crippen LogP contribution >= 0.6 is 11.3 Å². The minimum absolute atomic E-state index is 0.0732. The lowest BCUT2D eigenvalue weighted by Crippen LogP contribution is -2.35. The Kier molecular flexibility index (Phi) is 4.74. The first kappa shape index (κ1) is 15.7. The zero-order chi connectivity index (χ0) is 15.6. The second-order valence-corrected chi connectivity index (χ2v) is 5.97. The maximum atomic E-state index is 12.3. The molecule has 21 heavy (non-hydrogen) atoms. The normalized spacial score (nSPS) is 12.6. The highest BCUT2D eigenvalue weighted by Gasteiger charge is 2.20. The highest BCUT2D eigenvalue weighted by molar-refractivity contribution is 7.21. The number of nitrogens with one attached hydrogen (secondary N) is 1. The fourth-order valence-corrected chi connectivity index (χ4v) is 3.04. The van der Waals surface area contributed by atoms with Crippen molar-refractivity contribution in [3.05, 3.63) is 16.1 Å². The molecule has 2 heterocycles. The summed E-state index contributed by atoms with van der Waals surface area (Å²) < 4.78 is 5.29. The lowest BCUT2D eigenvalue weighted by Gasteiger charge is -2.13. The van der Waals surface area contributed by atoms with Crippen LogP contribution in [0.2, 0.25) is 0 Å². The molecule has 114 valence electrons. The van der Waals surface area contributed by atoms with Crippen LogP contribution in [-0.2, 0) is 4.74 Å². The lowest BCUT2D eigenvalue weighted by molar-refractivity contribution is 0.0876. The zero-order valence-corrected chi connectivity index (χ0v) is 13.5. The number of hydrogen-bond donors (Lipinski definition) is 2. The molecule has 0 radical (unpaired) electrons. The van der Waals surface area contributed by atoms with Crippen LogP contribution in [0.1, 0.15) is 34.8 Å². The molecule has 7 heteroatoms. The number of nitrogens with zero attached hydrogens (tertiary/aromatic N) is 2. The number of hydrogen-bond acceptors (Lipinski definition) is 6. The average Bonchev–Trinajstić information content (AvgIpc) is 2.78. The number of anilines is 1. The van der Waals surface area contributed by atoms with Gasteiger partial charge in [0.2, 0.25) is 0 Å². The summed E-state index contributed by atoms with van der Waals surface area (Å²) in [4.78, 5) is 13.5. The molecule has 2 aromatic rings. The van der Waals surface area contributed by atoms with Gasteiger partial charge in [0.15, 0.2) is 0 Å². The van der Waals surface area contributed by atoms with E-state index in [2.05, 4.69) is 15.5 Å². The molecule has 0 aliphatic rings. The lowest BCUT2D eigenvalue weighted by atomic mass is 10.1. The van der Waals surface area contributed by atoms with Gasteiger partial charge in [-0.3, -0.25) is 4.79 Å². The summed E-state index contributed by atoms with van der Waals surface area (Å²) in [5, 5.41) is 11.9. The van der Waals surface area contributed by atoms with Crippen LogP contribution in [0.4, 0.5) is 5.69 Å². The molecular weight excluding hydrogens is 288 g/mol. The minimum Gasteiger partial charge on any atom is -0.397 e. The molecule has 2 rings (SSSR count). The first-order valence-corrected chi connectivity index (χ1v) is 7.67. The second kappa shape index (κ2) is 6.36.